The Morgan fingerprint density at radius 3 is 3.00 bits per heavy atom. The van der Waals surface area contributed by atoms with Gasteiger partial charge in [0.05, 0.1) is 0 Å². The average Bonchev–Trinajstić information content (AvgIpc) is 2.64. The Kier molecular flexibility index (Phi) is 3.42. The van der Waals surface area contributed by atoms with Gasteiger partial charge in [-0.2, -0.15) is 4.98 Å². The van der Waals surface area contributed by atoms with Crippen molar-refractivity contribution in [2.45, 2.75) is 26.2 Å². The van der Waals surface area contributed by atoms with Gasteiger partial charge in [-0.05, 0) is 36.6 Å². The Bertz CT molecular complexity index is 554. The Morgan fingerprint density at radius 1 is 1.26 bits per heavy atom. The molecule has 0 radical (unpaired) electrons. The molecule has 0 amide bonds. The SMILES string of the molecule is CC(C)c1ccc2oc(N3CCCNCC3)nc2c1. The van der Waals surface area contributed by atoms with Gasteiger partial charge in [0.15, 0.2) is 5.58 Å². The van der Waals surface area contributed by atoms with E-state index in [1.807, 2.05) is 6.07 Å². The van der Waals surface area contributed by atoms with Crippen LogP contribution in [0.2, 0.25) is 0 Å². The summed E-state index contributed by atoms with van der Waals surface area (Å²) in [4.78, 5) is 6.88. The fraction of sp³-hybridized carbons (Fsp3) is 0.533. The van der Waals surface area contributed by atoms with Crippen molar-refractivity contribution in [1.82, 2.24) is 10.3 Å². The zero-order valence-corrected chi connectivity index (χ0v) is 11.6. The Labute approximate surface area is 113 Å². The Hall–Kier alpha value is -1.55. The normalized spacial score (nSPS) is 17.1. The Morgan fingerprint density at radius 2 is 2.16 bits per heavy atom. The molecule has 4 heteroatoms. The number of rotatable bonds is 2. The second kappa shape index (κ2) is 5.21. The van der Waals surface area contributed by atoms with Crippen molar-refractivity contribution in [1.29, 1.82) is 0 Å². The summed E-state index contributed by atoms with van der Waals surface area (Å²) >= 11 is 0. The molecular weight excluding hydrogens is 238 g/mol. The maximum Gasteiger partial charge on any atom is 0.298 e. The van der Waals surface area contributed by atoms with E-state index in [1.165, 1.54) is 5.56 Å². The summed E-state index contributed by atoms with van der Waals surface area (Å²) in [6, 6.07) is 7.08. The van der Waals surface area contributed by atoms with E-state index in [9.17, 15) is 0 Å². The van der Waals surface area contributed by atoms with Crippen LogP contribution < -0.4 is 10.2 Å². The van der Waals surface area contributed by atoms with E-state index < -0.39 is 0 Å². The number of hydrogen-bond donors (Lipinski definition) is 1. The first-order chi connectivity index (χ1) is 9.24. The third kappa shape index (κ3) is 2.59. The van der Waals surface area contributed by atoms with Gasteiger partial charge >= 0.3 is 0 Å². The van der Waals surface area contributed by atoms with Gasteiger partial charge < -0.3 is 14.6 Å². The molecule has 0 spiro atoms. The first-order valence-electron chi connectivity index (χ1n) is 7.10. The highest BCUT2D eigenvalue weighted by atomic mass is 16.4. The highest BCUT2D eigenvalue weighted by molar-refractivity contribution is 5.75. The number of benzene rings is 1. The van der Waals surface area contributed by atoms with E-state index >= 15 is 0 Å². The lowest BCUT2D eigenvalue weighted by molar-refractivity contribution is 0.571. The summed E-state index contributed by atoms with van der Waals surface area (Å²) in [6.45, 7) is 8.44. The number of hydrogen-bond acceptors (Lipinski definition) is 4. The van der Waals surface area contributed by atoms with Crippen LogP contribution in [0.3, 0.4) is 0 Å². The standard InChI is InChI=1S/C15H21N3O/c1-11(2)12-4-5-14-13(10-12)17-15(19-14)18-8-3-6-16-7-9-18/h4-5,10-11,16H,3,6-9H2,1-2H3. The summed E-state index contributed by atoms with van der Waals surface area (Å²) in [5, 5.41) is 3.39. The molecule has 2 heterocycles. The fourth-order valence-electron chi connectivity index (χ4n) is 2.46. The first kappa shape index (κ1) is 12.5. The molecule has 2 aromatic rings. The van der Waals surface area contributed by atoms with Crippen LogP contribution in [0.25, 0.3) is 11.1 Å². The third-order valence-corrected chi connectivity index (χ3v) is 3.68. The molecule has 0 unspecified atom stereocenters. The molecule has 0 saturated carbocycles. The van der Waals surface area contributed by atoms with Crippen LogP contribution >= 0.6 is 0 Å². The van der Waals surface area contributed by atoms with Gasteiger partial charge in [-0.25, -0.2) is 0 Å². The first-order valence-corrected chi connectivity index (χ1v) is 7.10. The van der Waals surface area contributed by atoms with Crippen molar-refractivity contribution < 1.29 is 4.42 Å². The van der Waals surface area contributed by atoms with Crippen LogP contribution in [-0.4, -0.2) is 31.2 Å². The molecule has 3 rings (SSSR count). The van der Waals surface area contributed by atoms with Crippen molar-refractivity contribution in [3.63, 3.8) is 0 Å². The zero-order chi connectivity index (χ0) is 13.2. The Balaban J connectivity index is 1.92. The topological polar surface area (TPSA) is 41.3 Å². The average molecular weight is 259 g/mol. The summed E-state index contributed by atoms with van der Waals surface area (Å²) in [5.74, 6) is 0.520. The molecule has 4 nitrogen and oxygen atoms in total. The maximum atomic E-state index is 5.88. The minimum Gasteiger partial charge on any atom is -0.423 e. The van der Waals surface area contributed by atoms with E-state index in [-0.39, 0.29) is 0 Å². The van der Waals surface area contributed by atoms with Crippen molar-refractivity contribution in [2.75, 3.05) is 31.1 Å². The number of nitrogens with zero attached hydrogens (tertiary/aromatic N) is 2. The van der Waals surface area contributed by atoms with Crippen molar-refractivity contribution in [3.05, 3.63) is 23.8 Å². The molecule has 1 aromatic heterocycles. The lowest BCUT2D eigenvalue weighted by Crippen LogP contribution is -2.27. The van der Waals surface area contributed by atoms with E-state index in [1.54, 1.807) is 0 Å². The van der Waals surface area contributed by atoms with Crippen molar-refractivity contribution in [3.8, 4) is 0 Å². The molecule has 19 heavy (non-hydrogen) atoms. The van der Waals surface area contributed by atoms with E-state index in [0.29, 0.717) is 5.92 Å². The molecule has 0 bridgehead atoms. The zero-order valence-electron chi connectivity index (χ0n) is 11.6. The number of nitrogens with one attached hydrogen (secondary N) is 1. The summed E-state index contributed by atoms with van der Waals surface area (Å²) in [5.41, 5.74) is 3.17. The van der Waals surface area contributed by atoms with E-state index in [0.717, 1.165) is 49.7 Å². The molecule has 1 aliphatic heterocycles. The predicted molar refractivity (Wildman–Crippen MR) is 77.8 cm³/mol. The molecule has 1 saturated heterocycles. The molecule has 0 atom stereocenters. The van der Waals surface area contributed by atoms with Gasteiger partial charge in [-0.15, -0.1) is 0 Å². The molecular formula is C15H21N3O. The number of oxazole rings is 1. The highest BCUT2D eigenvalue weighted by Gasteiger charge is 2.16. The van der Waals surface area contributed by atoms with Crippen LogP contribution in [0, 0.1) is 0 Å². The maximum absolute atomic E-state index is 5.88. The fourth-order valence-corrected chi connectivity index (χ4v) is 2.46. The summed E-state index contributed by atoms with van der Waals surface area (Å²) < 4.78 is 5.88. The lowest BCUT2D eigenvalue weighted by atomic mass is 10.0. The van der Waals surface area contributed by atoms with Gasteiger partial charge in [0.2, 0.25) is 0 Å². The monoisotopic (exact) mass is 259 g/mol. The van der Waals surface area contributed by atoms with Gasteiger partial charge in [0.1, 0.15) is 5.52 Å². The lowest BCUT2D eigenvalue weighted by Gasteiger charge is -2.16. The van der Waals surface area contributed by atoms with Gasteiger partial charge in [0, 0.05) is 19.6 Å². The van der Waals surface area contributed by atoms with Gasteiger partial charge in [0.25, 0.3) is 6.01 Å². The second-order valence-electron chi connectivity index (χ2n) is 5.47. The van der Waals surface area contributed by atoms with Crippen LogP contribution in [0.15, 0.2) is 22.6 Å². The van der Waals surface area contributed by atoms with Crippen molar-refractivity contribution in [2.24, 2.45) is 0 Å². The minimum absolute atomic E-state index is 0.520. The smallest absolute Gasteiger partial charge is 0.298 e. The minimum atomic E-state index is 0.520. The molecule has 1 N–H and O–H groups in total. The summed E-state index contributed by atoms with van der Waals surface area (Å²) in [7, 11) is 0. The van der Waals surface area contributed by atoms with Gasteiger partial charge in [-0.1, -0.05) is 19.9 Å². The molecule has 0 aliphatic carbocycles. The molecule has 1 aromatic carbocycles. The number of fused-ring (bicyclic) bond motifs is 1. The third-order valence-electron chi connectivity index (χ3n) is 3.68. The largest absolute Gasteiger partial charge is 0.423 e. The van der Waals surface area contributed by atoms with E-state index in [4.69, 9.17) is 4.42 Å². The van der Waals surface area contributed by atoms with Crippen LogP contribution in [-0.2, 0) is 0 Å². The molecule has 1 aliphatic rings. The van der Waals surface area contributed by atoms with Crippen LogP contribution in [0.4, 0.5) is 6.01 Å². The molecule has 1 fully saturated rings. The summed E-state index contributed by atoms with van der Waals surface area (Å²) in [6.07, 6.45) is 1.13. The molecule has 102 valence electrons. The number of anilines is 1. The van der Waals surface area contributed by atoms with Gasteiger partial charge in [-0.3, -0.25) is 0 Å². The van der Waals surface area contributed by atoms with Crippen LogP contribution in [0.1, 0.15) is 31.7 Å². The predicted octanol–water partition coefficient (Wildman–Crippen LogP) is 2.75. The second-order valence-corrected chi connectivity index (χ2v) is 5.47. The van der Waals surface area contributed by atoms with Crippen molar-refractivity contribution >= 4 is 17.1 Å². The quantitative estimate of drug-likeness (QED) is 0.900. The van der Waals surface area contributed by atoms with E-state index in [2.05, 4.69) is 41.2 Å². The van der Waals surface area contributed by atoms with Crippen LogP contribution in [0.5, 0.6) is 0 Å². The number of aromatic nitrogens is 1. The highest BCUT2D eigenvalue weighted by Crippen LogP contribution is 2.25.